The first kappa shape index (κ1) is 20.0. The summed E-state index contributed by atoms with van der Waals surface area (Å²) < 4.78 is 86.0. The molecule has 8 heteroatoms. The highest BCUT2D eigenvalue weighted by atomic mass is 19.4. The molecule has 142 valence electrons. The molecule has 0 amide bonds. The van der Waals surface area contributed by atoms with Crippen molar-refractivity contribution in [2.24, 2.45) is 0 Å². The third kappa shape index (κ3) is 4.28. The lowest BCUT2D eigenvalue weighted by molar-refractivity contribution is -0.389. The molecule has 0 aliphatic carbocycles. The maximum absolute atomic E-state index is 13.6. The molecule has 0 spiro atoms. The van der Waals surface area contributed by atoms with E-state index in [9.17, 15) is 26.3 Å². The van der Waals surface area contributed by atoms with E-state index in [2.05, 4.69) is 4.74 Å². The normalized spacial score (nSPS) is 17.7. The second kappa shape index (κ2) is 7.53. The maximum atomic E-state index is 13.6. The zero-order valence-electron chi connectivity index (χ0n) is 13.9. The highest BCUT2D eigenvalue weighted by Crippen LogP contribution is 2.52. The standard InChI is InChI=1S/C17H21F6NO/c1-13-5-7-14(8-6-13)15(16(18,19)20,17(21,22)23)25-12-11-24-9-3-2-4-10-24/h5-8H,2-4,9-12H2,1H3. The Balaban J connectivity index is 2.28. The minimum Gasteiger partial charge on any atom is -0.353 e. The van der Waals surface area contributed by atoms with Crippen molar-refractivity contribution in [3.63, 3.8) is 0 Å². The van der Waals surface area contributed by atoms with Gasteiger partial charge < -0.3 is 9.64 Å². The van der Waals surface area contributed by atoms with Crippen LogP contribution in [0.15, 0.2) is 24.3 Å². The molecule has 0 atom stereocenters. The summed E-state index contributed by atoms with van der Waals surface area (Å²) in [5, 5.41) is 0. The van der Waals surface area contributed by atoms with E-state index in [4.69, 9.17) is 0 Å². The molecule has 1 fully saturated rings. The predicted octanol–water partition coefficient (Wildman–Crippen LogP) is 4.82. The number of rotatable bonds is 5. The molecular weight excluding hydrogens is 348 g/mol. The average Bonchev–Trinajstić information content (AvgIpc) is 2.51. The zero-order chi connectivity index (χ0) is 18.7. The van der Waals surface area contributed by atoms with Gasteiger partial charge in [-0.25, -0.2) is 0 Å². The molecule has 0 radical (unpaired) electrons. The summed E-state index contributed by atoms with van der Waals surface area (Å²) in [6.45, 7) is 2.31. The van der Waals surface area contributed by atoms with Gasteiger partial charge in [-0.15, -0.1) is 0 Å². The smallest absolute Gasteiger partial charge is 0.353 e. The number of halogens is 6. The van der Waals surface area contributed by atoms with Crippen molar-refractivity contribution in [1.29, 1.82) is 0 Å². The molecule has 1 aromatic carbocycles. The lowest BCUT2D eigenvalue weighted by Gasteiger charge is -2.38. The molecule has 0 N–H and O–H groups in total. The summed E-state index contributed by atoms with van der Waals surface area (Å²) in [6.07, 6.45) is -8.44. The molecule has 1 aliphatic heterocycles. The highest BCUT2D eigenvalue weighted by Gasteiger charge is 2.73. The van der Waals surface area contributed by atoms with Crippen LogP contribution < -0.4 is 0 Å². The van der Waals surface area contributed by atoms with E-state index < -0.39 is 30.1 Å². The van der Waals surface area contributed by atoms with E-state index >= 15 is 0 Å². The Bertz CT molecular complexity index is 532. The Morgan fingerprint density at radius 3 is 1.88 bits per heavy atom. The van der Waals surface area contributed by atoms with Crippen LogP contribution >= 0.6 is 0 Å². The van der Waals surface area contributed by atoms with Crippen molar-refractivity contribution in [2.75, 3.05) is 26.2 Å². The molecule has 0 saturated carbocycles. The van der Waals surface area contributed by atoms with Crippen LogP contribution in [0.1, 0.15) is 30.4 Å². The van der Waals surface area contributed by atoms with E-state index in [0.717, 1.165) is 31.4 Å². The number of piperidine rings is 1. The van der Waals surface area contributed by atoms with Gasteiger partial charge in [-0.05, 0) is 32.9 Å². The topological polar surface area (TPSA) is 12.5 Å². The van der Waals surface area contributed by atoms with Crippen molar-refractivity contribution < 1.29 is 31.1 Å². The second-order valence-electron chi connectivity index (χ2n) is 6.29. The van der Waals surface area contributed by atoms with Gasteiger partial charge in [-0.3, -0.25) is 0 Å². The van der Waals surface area contributed by atoms with Gasteiger partial charge in [0, 0.05) is 12.1 Å². The van der Waals surface area contributed by atoms with E-state index in [1.54, 1.807) is 6.92 Å². The minimum atomic E-state index is -5.62. The first-order valence-electron chi connectivity index (χ1n) is 8.15. The van der Waals surface area contributed by atoms with Gasteiger partial charge in [0.2, 0.25) is 0 Å². The lowest BCUT2D eigenvalue weighted by Crippen LogP contribution is -2.56. The van der Waals surface area contributed by atoms with E-state index in [-0.39, 0.29) is 6.54 Å². The largest absolute Gasteiger partial charge is 0.430 e. The lowest BCUT2D eigenvalue weighted by atomic mass is 9.91. The molecule has 1 saturated heterocycles. The quantitative estimate of drug-likeness (QED) is 0.690. The monoisotopic (exact) mass is 369 g/mol. The van der Waals surface area contributed by atoms with Gasteiger partial charge in [-0.2, -0.15) is 26.3 Å². The first-order valence-corrected chi connectivity index (χ1v) is 8.15. The number of likely N-dealkylation sites (tertiary alicyclic amines) is 1. The average molecular weight is 369 g/mol. The van der Waals surface area contributed by atoms with Crippen LogP contribution in [-0.2, 0) is 10.3 Å². The number of nitrogens with zero attached hydrogens (tertiary/aromatic N) is 1. The number of alkyl halides is 6. The van der Waals surface area contributed by atoms with Crippen molar-refractivity contribution in [3.8, 4) is 0 Å². The van der Waals surface area contributed by atoms with Crippen LogP contribution in [0.5, 0.6) is 0 Å². The van der Waals surface area contributed by atoms with Crippen molar-refractivity contribution in [1.82, 2.24) is 4.90 Å². The van der Waals surface area contributed by atoms with Crippen LogP contribution in [0.25, 0.3) is 0 Å². The molecule has 2 nitrogen and oxygen atoms in total. The highest BCUT2D eigenvalue weighted by molar-refractivity contribution is 5.30. The van der Waals surface area contributed by atoms with E-state index in [1.807, 2.05) is 4.90 Å². The third-order valence-electron chi connectivity index (χ3n) is 4.43. The summed E-state index contributed by atoms with van der Waals surface area (Å²) in [5.41, 5.74) is -4.70. The third-order valence-corrected chi connectivity index (χ3v) is 4.43. The molecule has 0 unspecified atom stereocenters. The summed E-state index contributed by atoms with van der Waals surface area (Å²) >= 11 is 0. The van der Waals surface area contributed by atoms with Crippen LogP contribution in [0.4, 0.5) is 26.3 Å². The summed E-state index contributed by atoms with van der Waals surface area (Å²) in [5.74, 6) is 0. The van der Waals surface area contributed by atoms with Gasteiger partial charge in [-0.1, -0.05) is 36.2 Å². The van der Waals surface area contributed by atoms with Gasteiger partial charge in [0.15, 0.2) is 0 Å². The van der Waals surface area contributed by atoms with Crippen molar-refractivity contribution in [3.05, 3.63) is 35.4 Å². The van der Waals surface area contributed by atoms with Gasteiger partial charge in [0.1, 0.15) is 0 Å². The zero-order valence-corrected chi connectivity index (χ0v) is 13.9. The van der Waals surface area contributed by atoms with Crippen LogP contribution in [-0.4, -0.2) is 43.5 Å². The molecule has 0 aromatic heterocycles. The van der Waals surface area contributed by atoms with E-state index in [1.165, 1.54) is 12.1 Å². The minimum absolute atomic E-state index is 0.0414. The number of ether oxygens (including phenoxy) is 1. The number of hydrogen-bond donors (Lipinski definition) is 0. The first-order chi connectivity index (χ1) is 11.6. The fourth-order valence-corrected chi connectivity index (χ4v) is 3.03. The Morgan fingerprint density at radius 2 is 1.40 bits per heavy atom. The van der Waals surface area contributed by atoms with Crippen molar-refractivity contribution >= 4 is 0 Å². The van der Waals surface area contributed by atoms with Gasteiger partial charge >= 0.3 is 12.4 Å². The fourth-order valence-electron chi connectivity index (χ4n) is 3.03. The molecule has 1 aromatic rings. The summed E-state index contributed by atoms with van der Waals surface area (Å²) in [6, 6.07) is 4.10. The Labute approximate surface area is 142 Å². The second-order valence-corrected chi connectivity index (χ2v) is 6.29. The van der Waals surface area contributed by atoms with Crippen LogP contribution in [0.2, 0.25) is 0 Å². The SMILES string of the molecule is Cc1ccc(C(OCCN2CCCCC2)(C(F)(F)F)C(F)(F)F)cc1. The molecule has 25 heavy (non-hydrogen) atoms. The summed E-state index contributed by atoms with van der Waals surface area (Å²) in [7, 11) is 0. The number of hydrogen-bond acceptors (Lipinski definition) is 2. The number of benzene rings is 1. The Hall–Kier alpha value is -1.28. The Kier molecular flexibility index (Phi) is 6.04. The summed E-state index contributed by atoms with van der Waals surface area (Å²) in [4.78, 5) is 1.83. The van der Waals surface area contributed by atoms with Crippen LogP contribution in [0.3, 0.4) is 0 Å². The van der Waals surface area contributed by atoms with Gasteiger partial charge in [0.25, 0.3) is 5.60 Å². The number of aryl methyl sites for hydroxylation is 1. The molecule has 1 heterocycles. The van der Waals surface area contributed by atoms with Gasteiger partial charge in [0.05, 0.1) is 6.61 Å². The van der Waals surface area contributed by atoms with Crippen LogP contribution in [0, 0.1) is 6.92 Å². The predicted molar refractivity (Wildman–Crippen MR) is 81.2 cm³/mol. The molecule has 2 rings (SSSR count). The maximum Gasteiger partial charge on any atom is 0.430 e. The molecule has 1 aliphatic rings. The molecule has 0 bridgehead atoms. The Morgan fingerprint density at radius 1 is 0.880 bits per heavy atom. The molecular formula is C17H21F6NO. The van der Waals surface area contributed by atoms with Crippen molar-refractivity contribution in [2.45, 2.75) is 44.1 Å². The van der Waals surface area contributed by atoms with E-state index in [0.29, 0.717) is 18.7 Å². The fraction of sp³-hybridized carbons (Fsp3) is 0.647.